The molecule has 1 amide bonds. The smallest absolute Gasteiger partial charge is 0.221 e. The number of furan rings is 1. The molecule has 2 aromatic carbocycles. The maximum Gasteiger partial charge on any atom is 0.221 e. The van der Waals surface area contributed by atoms with Gasteiger partial charge in [0, 0.05) is 23.7 Å². The van der Waals surface area contributed by atoms with Crippen LogP contribution in [0.1, 0.15) is 6.92 Å². The number of nitrogens with one attached hydrogen (secondary N) is 2. The van der Waals surface area contributed by atoms with Crippen LogP contribution >= 0.6 is 0 Å². The lowest BCUT2D eigenvalue weighted by atomic mass is 10.2. The van der Waals surface area contributed by atoms with Gasteiger partial charge < -0.3 is 15.1 Å². The van der Waals surface area contributed by atoms with Crippen molar-refractivity contribution in [2.45, 2.75) is 6.92 Å². The highest BCUT2D eigenvalue weighted by molar-refractivity contribution is 5.92. The molecule has 0 bridgehead atoms. The summed E-state index contributed by atoms with van der Waals surface area (Å²) in [6.45, 7) is 1.48. The predicted octanol–water partition coefficient (Wildman–Crippen LogP) is 4.59. The fourth-order valence-corrected chi connectivity index (χ4v) is 2.66. The first-order valence-electron chi connectivity index (χ1n) is 8.14. The van der Waals surface area contributed by atoms with Crippen LogP contribution in [0.25, 0.3) is 22.5 Å². The van der Waals surface area contributed by atoms with Crippen molar-refractivity contribution >= 4 is 34.0 Å². The van der Waals surface area contributed by atoms with Crippen molar-refractivity contribution < 1.29 is 9.21 Å². The molecule has 0 aliphatic rings. The lowest BCUT2D eigenvalue weighted by Gasteiger charge is -2.11. The third-order valence-corrected chi connectivity index (χ3v) is 3.81. The van der Waals surface area contributed by atoms with E-state index in [4.69, 9.17) is 4.42 Å². The minimum atomic E-state index is -0.101. The zero-order chi connectivity index (χ0) is 17.9. The zero-order valence-corrected chi connectivity index (χ0v) is 14.1. The Balaban J connectivity index is 1.72. The van der Waals surface area contributed by atoms with E-state index in [1.54, 1.807) is 6.26 Å². The average Bonchev–Trinajstić information content (AvgIpc) is 3.17. The first-order chi connectivity index (χ1) is 12.7. The van der Waals surface area contributed by atoms with Gasteiger partial charge in [-0.15, -0.1) is 0 Å². The summed E-state index contributed by atoms with van der Waals surface area (Å²) >= 11 is 0. The van der Waals surface area contributed by atoms with Gasteiger partial charge in [-0.25, -0.2) is 9.97 Å². The van der Waals surface area contributed by atoms with E-state index in [1.807, 2.05) is 60.7 Å². The fraction of sp³-hybridized carbons (Fsp3) is 0.0500. The number of hydrogen-bond donors (Lipinski definition) is 2. The molecule has 0 aliphatic heterocycles. The number of nitrogens with zero attached hydrogens (tertiary/aromatic N) is 2. The van der Waals surface area contributed by atoms with Gasteiger partial charge in [-0.05, 0) is 48.5 Å². The normalized spacial score (nSPS) is 10.7. The summed E-state index contributed by atoms with van der Waals surface area (Å²) in [6, 6.07) is 18.9. The molecule has 0 fully saturated rings. The second kappa shape index (κ2) is 6.68. The van der Waals surface area contributed by atoms with Crippen LogP contribution in [0.2, 0.25) is 0 Å². The number of amides is 1. The van der Waals surface area contributed by atoms with Gasteiger partial charge in [0.05, 0.1) is 11.8 Å². The Kier molecular flexibility index (Phi) is 4.07. The topological polar surface area (TPSA) is 80.0 Å². The highest BCUT2D eigenvalue weighted by atomic mass is 16.3. The molecule has 2 heterocycles. The van der Waals surface area contributed by atoms with E-state index >= 15 is 0 Å². The molecule has 2 N–H and O–H groups in total. The van der Waals surface area contributed by atoms with Crippen LogP contribution in [-0.4, -0.2) is 15.9 Å². The standard InChI is InChI=1S/C20H16N4O2/c1-13(25)21-14-8-10-15(11-9-14)22-19-16-5-2-3-6-17(16)23-20(24-19)18-7-4-12-26-18/h2-12H,1H3,(H,21,25)(H,22,23,24). The molecule has 128 valence electrons. The van der Waals surface area contributed by atoms with Gasteiger partial charge in [0.2, 0.25) is 5.91 Å². The molecule has 0 radical (unpaired) electrons. The van der Waals surface area contributed by atoms with E-state index < -0.39 is 0 Å². The summed E-state index contributed by atoms with van der Waals surface area (Å²) < 4.78 is 5.43. The van der Waals surface area contributed by atoms with Gasteiger partial charge in [0.25, 0.3) is 0 Å². The second-order valence-corrected chi connectivity index (χ2v) is 5.77. The van der Waals surface area contributed by atoms with E-state index in [1.165, 1.54) is 6.92 Å². The van der Waals surface area contributed by atoms with Crippen LogP contribution in [0, 0.1) is 0 Å². The Bertz CT molecular complexity index is 1060. The molecular formula is C20H16N4O2. The largest absolute Gasteiger partial charge is 0.461 e. The first kappa shape index (κ1) is 15.8. The average molecular weight is 344 g/mol. The van der Waals surface area contributed by atoms with Crippen molar-refractivity contribution in [2.75, 3.05) is 10.6 Å². The Hall–Kier alpha value is -3.67. The lowest BCUT2D eigenvalue weighted by Crippen LogP contribution is -2.05. The number of fused-ring (bicyclic) bond motifs is 1. The van der Waals surface area contributed by atoms with Crippen LogP contribution in [0.15, 0.2) is 71.3 Å². The lowest BCUT2D eigenvalue weighted by molar-refractivity contribution is -0.114. The molecule has 26 heavy (non-hydrogen) atoms. The minimum absolute atomic E-state index is 0.101. The number of anilines is 3. The summed E-state index contributed by atoms with van der Waals surface area (Å²) in [7, 11) is 0. The molecule has 2 aromatic heterocycles. The molecular weight excluding hydrogens is 328 g/mol. The van der Waals surface area contributed by atoms with Crippen LogP contribution in [0.3, 0.4) is 0 Å². The molecule has 0 aliphatic carbocycles. The SMILES string of the molecule is CC(=O)Nc1ccc(Nc2nc(-c3ccco3)nc3ccccc23)cc1. The van der Waals surface area contributed by atoms with Gasteiger partial charge in [0.1, 0.15) is 5.82 Å². The highest BCUT2D eigenvalue weighted by Crippen LogP contribution is 2.27. The zero-order valence-electron chi connectivity index (χ0n) is 14.1. The van der Waals surface area contributed by atoms with Crippen LogP contribution in [-0.2, 0) is 4.79 Å². The van der Waals surface area contributed by atoms with E-state index in [0.29, 0.717) is 17.4 Å². The number of carbonyl (C=O) groups excluding carboxylic acids is 1. The summed E-state index contributed by atoms with van der Waals surface area (Å²) in [5, 5.41) is 6.98. The third kappa shape index (κ3) is 3.25. The number of benzene rings is 2. The Morgan fingerprint density at radius 2 is 1.69 bits per heavy atom. The summed E-state index contributed by atoms with van der Waals surface area (Å²) in [4.78, 5) is 20.3. The van der Waals surface area contributed by atoms with Gasteiger partial charge >= 0.3 is 0 Å². The molecule has 6 nitrogen and oxygen atoms in total. The number of aromatic nitrogens is 2. The van der Waals surface area contributed by atoms with Gasteiger partial charge in [0.15, 0.2) is 11.6 Å². The third-order valence-electron chi connectivity index (χ3n) is 3.81. The number of para-hydroxylation sites is 1. The summed E-state index contributed by atoms with van der Waals surface area (Å²) in [6.07, 6.45) is 1.60. The van der Waals surface area contributed by atoms with E-state index in [-0.39, 0.29) is 5.91 Å². The van der Waals surface area contributed by atoms with Crippen molar-refractivity contribution in [3.8, 4) is 11.6 Å². The van der Waals surface area contributed by atoms with Gasteiger partial charge in [-0.3, -0.25) is 4.79 Å². The fourth-order valence-electron chi connectivity index (χ4n) is 2.66. The monoisotopic (exact) mass is 344 g/mol. The Morgan fingerprint density at radius 1 is 0.923 bits per heavy atom. The molecule has 6 heteroatoms. The highest BCUT2D eigenvalue weighted by Gasteiger charge is 2.11. The van der Waals surface area contributed by atoms with E-state index in [2.05, 4.69) is 20.6 Å². The van der Waals surface area contributed by atoms with E-state index in [0.717, 1.165) is 22.3 Å². The molecule has 0 spiro atoms. The maximum absolute atomic E-state index is 11.1. The number of hydrogen-bond acceptors (Lipinski definition) is 5. The first-order valence-corrected chi connectivity index (χ1v) is 8.14. The predicted molar refractivity (Wildman–Crippen MR) is 101 cm³/mol. The summed E-state index contributed by atoms with van der Waals surface area (Å²) in [5.41, 5.74) is 2.42. The Labute approximate surface area is 149 Å². The van der Waals surface area contributed by atoms with Gasteiger partial charge in [-0.2, -0.15) is 0 Å². The number of carbonyl (C=O) groups is 1. The van der Waals surface area contributed by atoms with Crippen molar-refractivity contribution in [3.05, 3.63) is 66.9 Å². The molecule has 0 saturated heterocycles. The van der Waals surface area contributed by atoms with Gasteiger partial charge in [-0.1, -0.05) is 12.1 Å². The molecule has 0 atom stereocenters. The maximum atomic E-state index is 11.1. The summed E-state index contributed by atoms with van der Waals surface area (Å²) in [5.74, 6) is 1.72. The van der Waals surface area contributed by atoms with Crippen molar-refractivity contribution in [3.63, 3.8) is 0 Å². The van der Waals surface area contributed by atoms with Crippen LogP contribution < -0.4 is 10.6 Å². The second-order valence-electron chi connectivity index (χ2n) is 5.77. The minimum Gasteiger partial charge on any atom is -0.461 e. The van der Waals surface area contributed by atoms with Crippen LogP contribution in [0.5, 0.6) is 0 Å². The quantitative estimate of drug-likeness (QED) is 0.566. The Morgan fingerprint density at radius 3 is 2.42 bits per heavy atom. The van der Waals surface area contributed by atoms with Crippen LogP contribution in [0.4, 0.5) is 17.2 Å². The molecule has 4 aromatic rings. The number of rotatable bonds is 4. The van der Waals surface area contributed by atoms with Crippen molar-refractivity contribution in [1.82, 2.24) is 9.97 Å². The molecule has 0 unspecified atom stereocenters. The molecule has 4 rings (SSSR count). The van der Waals surface area contributed by atoms with Crippen molar-refractivity contribution in [1.29, 1.82) is 0 Å². The molecule has 0 saturated carbocycles. The van der Waals surface area contributed by atoms with E-state index in [9.17, 15) is 4.79 Å². The van der Waals surface area contributed by atoms with Crippen molar-refractivity contribution in [2.24, 2.45) is 0 Å².